The van der Waals surface area contributed by atoms with Crippen molar-refractivity contribution in [2.24, 2.45) is 0 Å². The molecule has 1 heterocycles. The average Bonchev–Trinajstić information content (AvgIpc) is 3.20. The van der Waals surface area contributed by atoms with Gasteiger partial charge in [-0.15, -0.1) is 17.0 Å². The van der Waals surface area contributed by atoms with E-state index in [0.717, 1.165) is 31.4 Å². The molecular weight excluding hydrogens is 410 g/mol. The van der Waals surface area contributed by atoms with Gasteiger partial charge in [-0.3, -0.25) is 4.90 Å². The maximum atomic E-state index is 10.5. The lowest BCUT2D eigenvalue weighted by Crippen LogP contribution is -2.19. The molecule has 0 aliphatic carbocycles. The lowest BCUT2D eigenvalue weighted by molar-refractivity contribution is 0.376. The summed E-state index contributed by atoms with van der Waals surface area (Å²) in [6.45, 7) is 7.97. The van der Waals surface area contributed by atoms with Crippen LogP contribution in [-0.2, 0) is 0 Å². The number of nitrogens with zero attached hydrogens (tertiary/aromatic N) is 1. The molecule has 0 bridgehead atoms. The van der Waals surface area contributed by atoms with Crippen molar-refractivity contribution in [3.05, 3.63) is 76.9 Å². The first-order chi connectivity index (χ1) is 13.1. The molecule has 3 heteroatoms. The molecule has 1 atom stereocenters. The van der Waals surface area contributed by atoms with Gasteiger partial charge < -0.3 is 5.11 Å². The minimum atomic E-state index is 0. The summed E-state index contributed by atoms with van der Waals surface area (Å²) < 4.78 is 0. The van der Waals surface area contributed by atoms with E-state index in [9.17, 15) is 5.11 Å². The molecule has 0 radical (unpaired) electrons. The summed E-state index contributed by atoms with van der Waals surface area (Å²) in [7, 11) is 0. The lowest BCUT2D eigenvalue weighted by atomic mass is 9.85. The van der Waals surface area contributed by atoms with Crippen LogP contribution in [0.2, 0.25) is 0 Å². The SMILES string of the molecule is Br.CC(=CCN1CCCC1)CCCC(c1ccccc1)c1cc(C)ccc1O. The monoisotopic (exact) mass is 443 g/mol. The highest BCUT2D eigenvalue weighted by molar-refractivity contribution is 8.93. The van der Waals surface area contributed by atoms with Crippen LogP contribution in [0.4, 0.5) is 0 Å². The van der Waals surface area contributed by atoms with Crippen LogP contribution in [0.5, 0.6) is 5.75 Å². The fourth-order valence-corrected chi connectivity index (χ4v) is 4.08. The zero-order valence-corrected chi connectivity index (χ0v) is 18.9. The predicted octanol–water partition coefficient (Wildman–Crippen LogP) is 6.62. The number of likely N-dealkylation sites (tertiary alicyclic amines) is 1. The van der Waals surface area contributed by atoms with E-state index in [1.54, 1.807) is 0 Å². The number of hydrogen-bond donors (Lipinski definition) is 1. The van der Waals surface area contributed by atoms with Gasteiger partial charge in [-0.2, -0.15) is 0 Å². The number of rotatable bonds is 8. The second-order valence-corrected chi connectivity index (χ2v) is 7.98. The molecule has 1 unspecified atom stereocenters. The van der Waals surface area contributed by atoms with E-state index >= 15 is 0 Å². The number of aryl methyl sites for hydroxylation is 1. The summed E-state index contributed by atoms with van der Waals surface area (Å²) in [5.41, 5.74) is 5.03. The van der Waals surface area contributed by atoms with Gasteiger partial charge in [-0.05, 0) is 70.7 Å². The Morgan fingerprint density at radius 1 is 1.11 bits per heavy atom. The summed E-state index contributed by atoms with van der Waals surface area (Å²) in [6, 6.07) is 16.6. The first-order valence-electron chi connectivity index (χ1n) is 10.4. The van der Waals surface area contributed by atoms with Crippen LogP contribution >= 0.6 is 17.0 Å². The van der Waals surface area contributed by atoms with E-state index < -0.39 is 0 Å². The van der Waals surface area contributed by atoms with Crippen molar-refractivity contribution >= 4 is 17.0 Å². The topological polar surface area (TPSA) is 23.5 Å². The number of allylic oxidation sites excluding steroid dienone is 1. The number of hydrogen-bond acceptors (Lipinski definition) is 2. The smallest absolute Gasteiger partial charge is 0.119 e. The molecule has 1 fully saturated rings. The van der Waals surface area contributed by atoms with Gasteiger partial charge in [0.05, 0.1) is 0 Å². The Balaban J connectivity index is 0.00000280. The maximum Gasteiger partial charge on any atom is 0.119 e. The van der Waals surface area contributed by atoms with E-state index in [4.69, 9.17) is 0 Å². The van der Waals surface area contributed by atoms with Crippen molar-refractivity contribution in [1.82, 2.24) is 4.90 Å². The molecular formula is C25H34BrNO. The second-order valence-electron chi connectivity index (χ2n) is 7.98. The third kappa shape index (κ3) is 6.49. The quantitative estimate of drug-likeness (QED) is 0.463. The van der Waals surface area contributed by atoms with Crippen molar-refractivity contribution in [1.29, 1.82) is 0 Å². The Hall–Kier alpha value is -1.58. The van der Waals surface area contributed by atoms with Gasteiger partial charge in [0.25, 0.3) is 0 Å². The summed E-state index contributed by atoms with van der Waals surface area (Å²) in [5, 5.41) is 10.5. The van der Waals surface area contributed by atoms with Gasteiger partial charge >= 0.3 is 0 Å². The first kappa shape index (κ1) is 22.7. The first-order valence-corrected chi connectivity index (χ1v) is 10.4. The van der Waals surface area contributed by atoms with E-state index in [2.05, 4.69) is 61.2 Å². The number of phenols is 1. The largest absolute Gasteiger partial charge is 0.508 e. The molecule has 0 saturated carbocycles. The van der Waals surface area contributed by atoms with Crippen molar-refractivity contribution in [2.75, 3.05) is 19.6 Å². The molecule has 0 amide bonds. The summed E-state index contributed by atoms with van der Waals surface area (Å²) in [4.78, 5) is 2.54. The average molecular weight is 444 g/mol. The highest BCUT2D eigenvalue weighted by Gasteiger charge is 2.17. The van der Waals surface area contributed by atoms with Crippen LogP contribution in [-0.4, -0.2) is 29.6 Å². The van der Waals surface area contributed by atoms with Gasteiger partial charge in [0, 0.05) is 18.0 Å². The summed E-state index contributed by atoms with van der Waals surface area (Å²) >= 11 is 0. The van der Waals surface area contributed by atoms with Crippen molar-refractivity contribution in [3.8, 4) is 5.75 Å². The van der Waals surface area contributed by atoms with Crippen LogP contribution in [0.1, 0.15) is 61.6 Å². The van der Waals surface area contributed by atoms with Gasteiger partial charge in [0.2, 0.25) is 0 Å². The van der Waals surface area contributed by atoms with Gasteiger partial charge in [-0.1, -0.05) is 59.7 Å². The van der Waals surface area contributed by atoms with Gasteiger partial charge in [0.1, 0.15) is 5.75 Å². The molecule has 152 valence electrons. The number of aromatic hydroxyl groups is 1. The van der Waals surface area contributed by atoms with Crippen molar-refractivity contribution in [2.45, 2.75) is 51.9 Å². The zero-order valence-electron chi connectivity index (χ0n) is 17.2. The predicted molar refractivity (Wildman–Crippen MR) is 125 cm³/mol. The normalized spacial score (nSPS) is 16.0. The van der Waals surface area contributed by atoms with Crippen LogP contribution in [0.15, 0.2) is 60.2 Å². The fourth-order valence-electron chi connectivity index (χ4n) is 4.08. The third-order valence-electron chi connectivity index (χ3n) is 5.72. The second kappa shape index (κ2) is 11.4. The molecule has 1 aliphatic rings. The van der Waals surface area contributed by atoms with E-state index in [-0.39, 0.29) is 22.9 Å². The standard InChI is InChI=1S/C25H33NO.BrH/c1-20(15-18-26-16-6-7-17-26)9-8-12-23(22-10-4-3-5-11-22)24-19-21(2)13-14-25(24)27;/h3-5,10-11,13-15,19,23,27H,6-9,12,16-18H2,1-2H3;1H. The summed E-state index contributed by atoms with van der Waals surface area (Å²) in [6.07, 6.45) is 8.43. The van der Waals surface area contributed by atoms with Crippen LogP contribution < -0.4 is 0 Å². The number of halogens is 1. The third-order valence-corrected chi connectivity index (χ3v) is 5.72. The molecule has 2 aromatic rings. The van der Waals surface area contributed by atoms with E-state index in [1.165, 1.54) is 42.6 Å². The van der Waals surface area contributed by atoms with Gasteiger partial charge in [-0.25, -0.2) is 0 Å². The molecule has 0 aromatic heterocycles. The fraction of sp³-hybridized carbons (Fsp3) is 0.440. The lowest BCUT2D eigenvalue weighted by Gasteiger charge is -2.20. The van der Waals surface area contributed by atoms with Crippen molar-refractivity contribution < 1.29 is 5.11 Å². The van der Waals surface area contributed by atoms with E-state index in [0.29, 0.717) is 5.75 Å². The Morgan fingerprint density at radius 2 is 1.82 bits per heavy atom. The van der Waals surface area contributed by atoms with Crippen LogP contribution in [0, 0.1) is 6.92 Å². The molecule has 2 nitrogen and oxygen atoms in total. The highest BCUT2D eigenvalue weighted by Crippen LogP contribution is 2.36. The van der Waals surface area contributed by atoms with E-state index in [1.807, 2.05) is 12.1 Å². The minimum absolute atomic E-state index is 0. The summed E-state index contributed by atoms with van der Waals surface area (Å²) in [5.74, 6) is 0.660. The molecule has 1 N–H and O–H groups in total. The van der Waals surface area contributed by atoms with Crippen LogP contribution in [0.25, 0.3) is 0 Å². The Morgan fingerprint density at radius 3 is 2.54 bits per heavy atom. The van der Waals surface area contributed by atoms with Gasteiger partial charge in [0.15, 0.2) is 0 Å². The maximum absolute atomic E-state index is 10.5. The molecule has 28 heavy (non-hydrogen) atoms. The molecule has 1 aliphatic heterocycles. The number of phenolic OH excluding ortho intramolecular Hbond substituents is 1. The highest BCUT2D eigenvalue weighted by atomic mass is 79.9. The Bertz CT molecular complexity index is 750. The number of benzene rings is 2. The molecule has 0 spiro atoms. The molecule has 1 saturated heterocycles. The molecule has 3 rings (SSSR count). The van der Waals surface area contributed by atoms with Crippen molar-refractivity contribution in [3.63, 3.8) is 0 Å². The zero-order chi connectivity index (χ0) is 19.1. The Labute approximate surface area is 181 Å². The minimum Gasteiger partial charge on any atom is -0.508 e. The van der Waals surface area contributed by atoms with Crippen LogP contribution in [0.3, 0.4) is 0 Å². The molecule has 2 aromatic carbocycles. The Kier molecular flexibility index (Phi) is 9.27.